The highest BCUT2D eigenvalue weighted by molar-refractivity contribution is 5.80. The standard InChI is InChI=1S/C27H34O3/c1-29-26-15-5-3-13-22(26)24(19-9-7-10-19)17-21(28)18-25(20-11-8-12-20)23-14-4-6-16-27(23)30-2/h3-6,13-16,19-20,24-25H,7-12,17-18H2,1-2H3. The smallest absolute Gasteiger partial charge is 0.134 e. The van der Waals surface area contributed by atoms with E-state index in [4.69, 9.17) is 9.47 Å². The van der Waals surface area contributed by atoms with Gasteiger partial charge in [0.25, 0.3) is 0 Å². The van der Waals surface area contributed by atoms with Gasteiger partial charge < -0.3 is 9.47 Å². The molecule has 0 amide bonds. The van der Waals surface area contributed by atoms with Crippen LogP contribution in [0.1, 0.15) is 74.3 Å². The van der Waals surface area contributed by atoms with Gasteiger partial charge in [0.15, 0.2) is 0 Å². The average molecular weight is 407 g/mol. The van der Waals surface area contributed by atoms with Gasteiger partial charge in [-0.2, -0.15) is 0 Å². The summed E-state index contributed by atoms with van der Waals surface area (Å²) >= 11 is 0. The number of hydrogen-bond donors (Lipinski definition) is 0. The normalized spacial score (nSPS) is 18.7. The van der Waals surface area contributed by atoms with Gasteiger partial charge in [-0.05, 0) is 72.6 Å². The summed E-state index contributed by atoms with van der Waals surface area (Å²) < 4.78 is 11.3. The summed E-state index contributed by atoms with van der Waals surface area (Å²) in [4.78, 5) is 13.4. The number of methoxy groups -OCH3 is 2. The summed E-state index contributed by atoms with van der Waals surface area (Å²) in [6.45, 7) is 0. The van der Waals surface area contributed by atoms with Gasteiger partial charge in [-0.15, -0.1) is 0 Å². The fourth-order valence-electron chi connectivity index (χ4n) is 5.26. The van der Waals surface area contributed by atoms with E-state index in [1.54, 1.807) is 14.2 Å². The second-order valence-corrected chi connectivity index (χ2v) is 9.03. The van der Waals surface area contributed by atoms with Crippen LogP contribution in [0.4, 0.5) is 0 Å². The predicted octanol–water partition coefficient (Wildman–Crippen LogP) is 6.52. The van der Waals surface area contributed by atoms with E-state index >= 15 is 0 Å². The number of para-hydroxylation sites is 2. The third-order valence-corrected chi connectivity index (χ3v) is 7.41. The number of ketones is 1. The van der Waals surface area contributed by atoms with E-state index in [-0.39, 0.29) is 11.8 Å². The van der Waals surface area contributed by atoms with Crippen molar-refractivity contribution in [2.75, 3.05) is 14.2 Å². The highest BCUT2D eigenvalue weighted by Gasteiger charge is 2.35. The molecular formula is C27H34O3. The summed E-state index contributed by atoms with van der Waals surface area (Å²) in [6, 6.07) is 16.5. The Morgan fingerprint density at radius 2 is 1.17 bits per heavy atom. The lowest BCUT2D eigenvalue weighted by molar-refractivity contribution is -0.120. The van der Waals surface area contributed by atoms with Crippen LogP contribution in [0.5, 0.6) is 11.5 Å². The lowest BCUT2D eigenvalue weighted by Crippen LogP contribution is -2.26. The van der Waals surface area contributed by atoms with Gasteiger partial charge in [0.05, 0.1) is 14.2 Å². The van der Waals surface area contributed by atoms with Crippen LogP contribution < -0.4 is 9.47 Å². The van der Waals surface area contributed by atoms with Gasteiger partial charge in [0.1, 0.15) is 17.3 Å². The van der Waals surface area contributed by atoms with E-state index in [1.807, 2.05) is 24.3 Å². The molecule has 2 atom stereocenters. The van der Waals surface area contributed by atoms with Gasteiger partial charge in [0.2, 0.25) is 0 Å². The highest BCUT2D eigenvalue weighted by atomic mass is 16.5. The van der Waals surface area contributed by atoms with Gasteiger partial charge in [-0.25, -0.2) is 0 Å². The lowest BCUT2D eigenvalue weighted by atomic mass is 9.68. The van der Waals surface area contributed by atoms with E-state index < -0.39 is 0 Å². The molecule has 0 aromatic heterocycles. The fraction of sp³-hybridized carbons (Fsp3) is 0.519. The molecular weight excluding hydrogens is 372 g/mol. The van der Waals surface area contributed by atoms with Crippen LogP contribution in [0.3, 0.4) is 0 Å². The molecule has 30 heavy (non-hydrogen) atoms. The SMILES string of the molecule is COc1ccccc1C(CC(=O)CC(c1ccccc1OC)C1CCC1)C1CCC1. The molecule has 2 aliphatic rings. The van der Waals surface area contributed by atoms with Crippen LogP contribution in [-0.4, -0.2) is 20.0 Å². The van der Waals surface area contributed by atoms with Crippen LogP contribution in [0.2, 0.25) is 0 Å². The zero-order chi connectivity index (χ0) is 20.9. The maximum absolute atomic E-state index is 13.4. The predicted molar refractivity (Wildman–Crippen MR) is 120 cm³/mol. The van der Waals surface area contributed by atoms with Crippen molar-refractivity contribution in [3.63, 3.8) is 0 Å². The van der Waals surface area contributed by atoms with Crippen LogP contribution in [-0.2, 0) is 4.79 Å². The zero-order valence-electron chi connectivity index (χ0n) is 18.3. The van der Waals surface area contributed by atoms with Crippen molar-refractivity contribution in [2.45, 2.75) is 63.2 Å². The third kappa shape index (κ3) is 4.40. The molecule has 3 heteroatoms. The van der Waals surface area contributed by atoms with Crippen LogP contribution >= 0.6 is 0 Å². The van der Waals surface area contributed by atoms with Gasteiger partial charge >= 0.3 is 0 Å². The molecule has 0 N–H and O–H groups in total. The average Bonchev–Trinajstić information content (AvgIpc) is 2.70. The molecule has 0 radical (unpaired) electrons. The highest BCUT2D eigenvalue weighted by Crippen LogP contribution is 2.47. The maximum atomic E-state index is 13.4. The maximum Gasteiger partial charge on any atom is 0.134 e. The van der Waals surface area contributed by atoms with Crippen molar-refractivity contribution in [3.8, 4) is 11.5 Å². The summed E-state index contributed by atoms with van der Waals surface area (Å²) in [6.07, 6.45) is 8.64. The number of ether oxygens (including phenoxy) is 2. The minimum atomic E-state index is 0.266. The Morgan fingerprint density at radius 1 is 0.767 bits per heavy atom. The molecule has 0 spiro atoms. The molecule has 0 saturated heterocycles. The van der Waals surface area contributed by atoms with Crippen LogP contribution in [0, 0.1) is 11.8 Å². The van der Waals surface area contributed by atoms with Crippen LogP contribution in [0.25, 0.3) is 0 Å². The molecule has 2 aromatic carbocycles. The molecule has 2 aromatic rings. The Hall–Kier alpha value is -2.29. The number of benzene rings is 2. The monoisotopic (exact) mass is 406 g/mol. The molecule has 2 saturated carbocycles. The minimum absolute atomic E-state index is 0.266. The van der Waals surface area contributed by atoms with E-state index in [0.29, 0.717) is 30.5 Å². The molecule has 160 valence electrons. The first-order valence-electron chi connectivity index (χ1n) is 11.5. The first-order valence-corrected chi connectivity index (χ1v) is 11.5. The molecule has 0 aliphatic heterocycles. The third-order valence-electron chi connectivity index (χ3n) is 7.41. The second kappa shape index (κ2) is 9.68. The molecule has 2 unspecified atom stereocenters. The number of carbonyl (C=O) groups excluding carboxylic acids is 1. The number of carbonyl (C=O) groups is 1. The lowest BCUT2D eigenvalue weighted by Gasteiger charge is -2.36. The van der Waals surface area contributed by atoms with Crippen molar-refractivity contribution in [1.82, 2.24) is 0 Å². The quantitative estimate of drug-likeness (QED) is 0.450. The molecule has 3 nitrogen and oxygen atoms in total. The Morgan fingerprint density at radius 3 is 1.50 bits per heavy atom. The largest absolute Gasteiger partial charge is 0.496 e. The summed E-state index contributed by atoms with van der Waals surface area (Å²) in [5.74, 6) is 3.94. The minimum Gasteiger partial charge on any atom is -0.496 e. The summed E-state index contributed by atoms with van der Waals surface area (Å²) in [5, 5.41) is 0. The Balaban J connectivity index is 1.54. The second-order valence-electron chi connectivity index (χ2n) is 9.03. The first-order chi connectivity index (χ1) is 14.7. The fourth-order valence-corrected chi connectivity index (χ4v) is 5.26. The first kappa shape index (κ1) is 21.0. The van der Waals surface area contributed by atoms with E-state index in [9.17, 15) is 4.79 Å². The molecule has 2 fully saturated rings. The van der Waals surface area contributed by atoms with Crippen molar-refractivity contribution in [2.24, 2.45) is 11.8 Å². The molecule has 0 heterocycles. The van der Waals surface area contributed by atoms with Crippen molar-refractivity contribution in [1.29, 1.82) is 0 Å². The Labute approximate surface area is 180 Å². The van der Waals surface area contributed by atoms with E-state index in [2.05, 4.69) is 24.3 Å². The Kier molecular flexibility index (Phi) is 6.76. The van der Waals surface area contributed by atoms with Crippen LogP contribution in [0.15, 0.2) is 48.5 Å². The molecule has 4 rings (SSSR count). The molecule has 2 aliphatic carbocycles. The topological polar surface area (TPSA) is 35.5 Å². The number of Topliss-reactive ketones (excluding diaryl/α,β-unsaturated/α-hetero) is 1. The summed E-state index contributed by atoms with van der Waals surface area (Å²) in [7, 11) is 3.46. The van der Waals surface area contributed by atoms with Crippen molar-refractivity contribution in [3.05, 3.63) is 59.7 Å². The van der Waals surface area contributed by atoms with E-state index in [1.165, 1.54) is 49.7 Å². The number of rotatable bonds is 10. The van der Waals surface area contributed by atoms with Gasteiger partial charge in [-0.3, -0.25) is 4.79 Å². The number of hydrogen-bond acceptors (Lipinski definition) is 3. The van der Waals surface area contributed by atoms with Gasteiger partial charge in [0, 0.05) is 12.8 Å². The summed E-state index contributed by atoms with van der Waals surface area (Å²) in [5.41, 5.74) is 2.41. The van der Waals surface area contributed by atoms with Gasteiger partial charge in [-0.1, -0.05) is 49.2 Å². The Bertz CT molecular complexity index is 781. The van der Waals surface area contributed by atoms with Crippen molar-refractivity contribution < 1.29 is 14.3 Å². The van der Waals surface area contributed by atoms with E-state index in [0.717, 1.165) is 11.5 Å². The molecule has 0 bridgehead atoms. The zero-order valence-corrected chi connectivity index (χ0v) is 18.3. The van der Waals surface area contributed by atoms with Crippen molar-refractivity contribution >= 4 is 5.78 Å².